The number of nitrogens with zero attached hydrogens (tertiary/aromatic N) is 2. The van der Waals surface area contributed by atoms with Gasteiger partial charge in [-0.3, -0.25) is 15.1 Å². The van der Waals surface area contributed by atoms with Crippen LogP contribution >= 0.6 is 11.3 Å². The summed E-state index contributed by atoms with van der Waals surface area (Å²) in [5, 5.41) is 5.19. The average Bonchev–Trinajstić information content (AvgIpc) is 3.10. The summed E-state index contributed by atoms with van der Waals surface area (Å²) in [6.45, 7) is 0. The Morgan fingerprint density at radius 3 is 2.54 bits per heavy atom. The largest absolute Gasteiger partial charge is 0.493 e. The number of methoxy groups -OCH3 is 2. The molecule has 122 valence electrons. The Morgan fingerprint density at radius 1 is 1.08 bits per heavy atom. The molecule has 3 aromatic rings. The molecule has 3 rings (SSSR count). The molecule has 0 aliphatic carbocycles. The molecule has 0 aliphatic rings. The van der Waals surface area contributed by atoms with Crippen LogP contribution in [0.15, 0.2) is 48.1 Å². The third-order valence-electron chi connectivity index (χ3n) is 3.35. The molecule has 0 aliphatic heterocycles. The van der Waals surface area contributed by atoms with E-state index >= 15 is 0 Å². The van der Waals surface area contributed by atoms with Crippen LogP contribution in [0, 0.1) is 0 Å². The molecular weight excluding hydrogens is 326 g/mol. The summed E-state index contributed by atoms with van der Waals surface area (Å²) in [5.41, 5.74) is 2.17. The molecule has 0 fully saturated rings. The van der Waals surface area contributed by atoms with Gasteiger partial charge in [0.15, 0.2) is 16.6 Å². The summed E-state index contributed by atoms with van der Waals surface area (Å²) >= 11 is 1.36. The van der Waals surface area contributed by atoms with E-state index in [1.54, 1.807) is 38.7 Å². The zero-order chi connectivity index (χ0) is 16.9. The normalized spacial score (nSPS) is 10.2. The van der Waals surface area contributed by atoms with Crippen LogP contribution < -0.4 is 14.8 Å². The number of amides is 1. The van der Waals surface area contributed by atoms with Gasteiger partial charge >= 0.3 is 0 Å². The van der Waals surface area contributed by atoms with E-state index in [9.17, 15) is 4.79 Å². The van der Waals surface area contributed by atoms with Crippen molar-refractivity contribution in [3.05, 3.63) is 53.7 Å². The van der Waals surface area contributed by atoms with Crippen molar-refractivity contribution < 1.29 is 14.3 Å². The second kappa shape index (κ2) is 7.10. The molecule has 0 radical (unpaired) electrons. The summed E-state index contributed by atoms with van der Waals surface area (Å²) in [7, 11) is 3.18. The van der Waals surface area contributed by atoms with Gasteiger partial charge in [0.05, 0.1) is 19.9 Å². The second-order valence-electron chi connectivity index (χ2n) is 4.80. The number of carbonyl (C=O) groups excluding carboxylic acids is 1. The van der Waals surface area contributed by atoms with E-state index in [-0.39, 0.29) is 5.91 Å². The fraction of sp³-hybridized carbons (Fsp3) is 0.118. The Balaban J connectivity index is 1.79. The summed E-state index contributed by atoms with van der Waals surface area (Å²) in [5.74, 6) is 1.07. The summed E-state index contributed by atoms with van der Waals surface area (Å²) in [6, 6.07) is 8.87. The first-order valence-electron chi connectivity index (χ1n) is 7.10. The van der Waals surface area contributed by atoms with Gasteiger partial charge in [0.2, 0.25) is 0 Å². The zero-order valence-corrected chi connectivity index (χ0v) is 14.0. The van der Waals surface area contributed by atoms with E-state index in [0.29, 0.717) is 22.2 Å². The summed E-state index contributed by atoms with van der Waals surface area (Å²) < 4.78 is 10.5. The van der Waals surface area contributed by atoms with E-state index in [1.807, 2.05) is 23.6 Å². The van der Waals surface area contributed by atoms with Crippen LogP contribution in [0.25, 0.3) is 11.3 Å². The van der Waals surface area contributed by atoms with Crippen LogP contribution in [0.2, 0.25) is 0 Å². The lowest BCUT2D eigenvalue weighted by Crippen LogP contribution is -2.11. The van der Waals surface area contributed by atoms with E-state index in [0.717, 1.165) is 11.3 Å². The number of hydrogen-bond acceptors (Lipinski definition) is 6. The van der Waals surface area contributed by atoms with Crippen LogP contribution in [0.3, 0.4) is 0 Å². The van der Waals surface area contributed by atoms with Crippen molar-refractivity contribution in [3.8, 4) is 22.8 Å². The highest BCUT2D eigenvalue weighted by atomic mass is 32.1. The molecule has 1 amide bonds. The number of carbonyl (C=O) groups is 1. The monoisotopic (exact) mass is 341 g/mol. The van der Waals surface area contributed by atoms with Gasteiger partial charge in [-0.2, -0.15) is 0 Å². The minimum atomic E-state index is -0.217. The van der Waals surface area contributed by atoms with E-state index in [4.69, 9.17) is 9.47 Å². The Kier molecular flexibility index (Phi) is 4.72. The number of benzene rings is 1. The van der Waals surface area contributed by atoms with Crippen molar-refractivity contribution in [2.24, 2.45) is 0 Å². The van der Waals surface area contributed by atoms with Gasteiger partial charge < -0.3 is 9.47 Å². The SMILES string of the molecule is COc1ccc(-c2csc(NC(=O)c3ccncc3)n2)cc1OC. The highest BCUT2D eigenvalue weighted by molar-refractivity contribution is 7.14. The minimum Gasteiger partial charge on any atom is -0.493 e. The zero-order valence-electron chi connectivity index (χ0n) is 13.1. The van der Waals surface area contributed by atoms with Crippen LogP contribution in [0.4, 0.5) is 5.13 Å². The van der Waals surface area contributed by atoms with Crippen molar-refractivity contribution in [1.82, 2.24) is 9.97 Å². The van der Waals surface area contributed by atoms with Gasteiger partial charge in [-0.05, 0) is 30.3 Å². The van der Waals surface area contributed by atoms with Gasteiger partial charge in [0.1, 0.15) is 0 Å². The smallest absolute Gasteiger partial charge is 0.257 e. The second-order valence-corrected chi connectivity index (χ2v) is 5.66. The first kappa shape index (κ1) is 15.9. The molecule has 0 atom stereocenters. The number of anilines is 1. The molecule has 0 spiro atoms. The molecule has 0 saturated carbocycles. The van der Waals surface area contributed by atoms with Gasteiger partial charge in [-0.15, -0.1) is 11.3 Å². The lowest BCUT2D eigenvalue weighted by Gasteiger charge is -2.08. The molecule has 1 aromatic carbocycles. The lowest BCUT2D eigenvalue weighted by atomic mass is 10.1. The quantitative estimate of drug-likeness (QED) is 0.769. The molecular formula is C17H15N3O3S. The van der Waals surface area contributed by atoms with Gasteiger partial charge in [-0.1, -0.05) is 0 Å². The van der Waals surface area contributed by atoms with Crippen LogP contribution in [-0.2, 0) is 0 Å². The number of rotatable bonds is 5. The third-order valence-corrected chi connectivity index (χ3v) is 4.10. The minimum absolute atomic E-state index is 0.217. The molecule has 2 aromatic heterocycles. The van der Waals surface area contributed by atoms with Gasteiger partial charge in [-0.25, -0.2) is 4.98 Å². The van der Waals surface area contributed by atoms with E-state index in [2.05, 4.69) is 15.3 Å². The Bertz CT molecular complexity index is 849. The standard InChI is InChI=1S/C17H15N3O3S/c1-22-14-4-3-12(9-15(14)23-2)13-10-24-17(19-13)20-16(21)11-5-7-18-8-6-11/h3-10H,1-2H3,(H,19,20,21). The van der Waals surface area contributed by atoms with Crippen LogP contribution in [0.5, 0.6) is 11.5 Å². The van der Waals surface area contributed by atoms with Gasteiger partial charge in [0.25, 0.3) is 5.91 Å². The number of aromatic nitrogens is 2. The number of pyridine rings is 1. The number of thiazole rings is 1. The molecule has 1 N–H and O–H groups in total. The number of ether oxygens (including phenoxy) is 2. The molecule has 0 unspecified atom stereocenters. The third kappa shape index (κ3) is 3.36. The fourth-order valence-electron chi connectivity index (χ4n) is 2.13. The molecule has 6 nitrogen and oxygen atoms in total. The van der Waals surface area contributed by atoms with E-state index < -0.39 is 0 Å². The maximum Gasteiger partial charge on any atom is 0.257 e. The summed E-state index contributed by atoms with van der Waals surface area (Å²) in [6.07, 6.45) is 3.15. The Hall–Kier alpha value is -2.93. The average molecular weight is 341 g/mol. The molecule has 0 saturated heterocycles. The Morgan fingerprint density at radius 2 is 1.83 bits per heavy atom. The van der Waals surface area contributed by atoms with Gasteiger partial charge in [0, 0.05) is 28.9 Å². The fourth-order valence-corrected chi connectivity index (χ4v) is 2.85. The van der Waals surface area contributed by atoms with Crippen molar-refractivity contribution in [2.45, 2.75) is 0 Å². The highest BCUT2D eigenvalue weighted by Crippen LogP contribution is 2.33. The predicted octanol–water partition coefficient (Wildman–Crippen LogP) is 3.47. The molecule has 24 heavy (non-hydrogen) atoms. The van der Waals surface area contributed by atoms with Crippen molar-refractivity contribution in [1.29, 1.82) is 0 Å². The first-order chi connectivity index (χ1) is 11.7. The maximum absolute atomic E-state index is 12.1. The molecule has 0 bridgehead atoms. The van der Waals surface area contributed by atoms with Crippen LogP contribution in [-0.4, -0.2) is 30.1 Å². The van der Waals surface area contributed by atoms with Crippen molar-refractivity contribution in [3.63, 3.8) is 0 Å². The summed E-state index contributed by atoms with van der Waals surface area (Å²) in [4.78, 5) is 20.5. The predicted molar refractivity (Wildman–Crippen MR) is 92.8 cm³/mol. The topological polar surface area (TPSA) is 73.3 Å². The first-order valence-corrected chi connectivity index (χ1v) is 7.98. The Labute approximate surface area is 143 Å². The number of hydrogen-bond donors (Lipinski definition) is 1. The maximum atomic E-state index is 12.1. The highest BCUT2D eigenvalue weighted by Gasteiger charge is 2.12. The van der Waals surface area contributed by atoms with E-state index in [1.165, 1.54) is 11.3 Å². The van der Waals surface area contributed by atoms with Crippen LogP contribution in [0.1, 0.15) is 10.4 Å². The van der Waals surface area contributed by atoms with Crippen molar-refractivity contribution in [2.75, 3.05) is 19.5 Å². The number of nitrogens with one attached hydrogen (secondary N) is 1. The lowest BCUT2D eigenvalue weighted by molar-refractivity contribution is 0.102. The molecule has 7 heteroatoms. The molecule has 2 heterocycles. The van der Waals surface area contributed by atoms with Crippen molar-refractivity contribution >= 4 is 22.4 Å².